The number of hydrogen-bond acceptors (Lipinski definition) is 6. The Labute approximate surface area is 174 Å². The Hall–Kier alpha value is -2.35. The number of halogens is 1. The van der Waals surface area contributed by atoms with Crippen molar-refractivity contribution in [2.24, 2.45) is 5.73 Å². The molecule has 3 N–H and O–H groups in total. The molecule has 0 aliphatic carbocycles. The fourth-order valence-corrected chi connectivity index (χ4v) is 3.22. The van der Waals surface area contributed by atoms with Gasteiger partial charge in [0.1, 0.15) is 0 Å². The van der Waals surface area contributed by atoms with Crippen molar-refractivity contribution >= 4 is 23.4 Å². The molecule has 1 atom stereocenters. The zero-order valence-electron chi connectivity index (χ0n) is 15.5. The highest BCUT2D eigenvalue weighted by Gasteiger charge is 2.16. The van der Waals surface area contributed by atoms with Gasteiger partial charge >= 0.3 is 0 Å². The highest BCUT2D eigenvalue weighted by Crippen LogP contribution is 2.22. The maximum Gasteiger partial charge on any atom is 0.277 e. The molecule has 0 aliphatic rings. The van der Waals surface area contributed by atoms with Crippen LogP contribution < -0.4 is 23.5 Å². The number of nitrogens with zero attached hydrogens (tertiary/aromatic N) is 2. The van der Waals surface area contributed by atoms with E-state index in [1.165, 1.54) is 11.8 Å². The van der Waals surface area contributed by atoms with E-state index in [2.05, 4.69) is 22.4 Å². The number of hydrogen-bond donors (Lipinski definition) is 2. The Morgan fingerprint density at radius 3 is 2.61 bits per heavy atom. The zero-order chi connectivity index (χ0) is 19.1. The summed E-state index contributed by atoms with van der Waals surface area (Å²) in [6, 6.07) is 17.3. The average Bonchev–Trinajstić information content (AvgIpc) is 3.17. The summed E-state index contributed by atoms with van der Waals surface area (Å²) in [5, 5.41) is 11.2. The van der Waals surface area contributed by atoms with E-state index >= 15 is 0 Å². The van der Waals surface area contributed by atoms with Crippen LogP contribution in [0, 0.1) is 0 Å². The summed E-state index contributed by atoms with van der Waals surface area (Å²) in [4.78, 5) is 12.2. The van der Waals surface area contributed by atoms with Gasteiger partial charge in [-0.2, -0.15) is 0 Å². The van der Waals surface area contributed by atoms with Crippen molar-refractivity contribution in [1.82, 2.24) is 10.2 Å². The van der Waals surface area contributed by atoms with Crippen molar-refractivity contribution in [2.75, 3.05) is 11.1 Å². The van der Waals surface area contributed by atoms with E-state index in [1.807, 2.05) is 54.6 Å². The molecule has 0 radical (unpaired) electrons. The van der Waals surface area contributed by atoms with E-state index in [9.17, 15) is 4.79 Å². The molecule has 0 fully saturated rings. The van der Waals surface area contributed by atoms with Crippen LogP contribution >= 0.6 is 11.8 Å². The molecule has 2 aromatic carbocycles. The number of nitrogens with two attached hydrogens (primary N) is 1. The summed E-state index contributed by atoms with van der Waals surface area (Å²) < 4.78 is 5.60. The van der Waals surface area contributed by atoms with Crippen LogP contribution in [0.2, 0.25) is 0 Å². The molecule has 0 aliphatic heterocycles. The van der Waals surface area contributed by atoms with Gasteiger partial charge in [-0.25, -0.2) is 0 Å². The molecule has 0 saturated carbocycles. The molecule has 1 amide bonds. The number of anilines is 1. The molecular formula is C20H22ClN4O2S-. The average molecular weight is 418 g/mol. The number of benzene rings is 2. The maximum absolute atomic E-state index is 12.2. The van der Waals surface area contributed by atoms with Crippen LogP contribution in [0.1, 0.15) is 30.0 Å². The summed E-state index contributed by atoms with van der Waals surface area (Å²) in [6.45, 7) is 2.05. The van der Waals surface area contributed by atoms with Crippen molar-refractivity contribution in [3.63, 3.8) is 0 Å². The van der Waals surface area contributed by atoms with Crippen molar-refractivity contribution in [1.29, 1.82) is 0 Å². The third-order valence-electron chi connectivity index (χ3n) is 4.04. The number of amides is 1. The predicted molar refractivity (Wildman–Crippen MR) is 107 cm³/mol. The summed E-state index contributed by atoms with van der Waals surface area (Å²) in [7, 11) is 0. The molecular weight excluding hydrogens is 396 g/mol. The van der Waals surface area contributed by atoms with Gasteiger partial charge in [0.05, 0.1) is 11.8 Å². The molecule has 0 spiro atoms. The van der Waals surface area contributed by atoms with E-state index < -0.39 is 0 Å². The number of rotatable bonds is 8. The minimum atomic E-state index is -0.375. The molecule has 28 heavy (non-hydrogen) atoms. The van der Waals surface area contributed by atoms with Crippen LogP contribution in [-0.2, 0) is 17.6 Å². The van der Waals surface area contributed by atoms with Crippen LogP contribution in [0.3, 0.4) is 0 Å². The van der Waals surface area contributed by atoms with Gasteiger partial charge < -0.3 is 27.9 Å². The van der Waals surface area contributed by atoms with Crippen molar-refractivity contribution < 1.29 is 21.6 Å². The second kappa shape index (κ2) is 10.8. The lowest BCUT2D eigenvalue weighted by Gasteiger charge is -2.08. The summed E-state index contributed by atoms with van der Waals surface area (Å²) in [6.07, 6.45) is 1.47. The minimum Gasteiger partial charge on any atom is -1.00 e. The first-order valence-corrected chi connectivity index (χ1v) is 9.77. The van der Waals surface area contributed by atoms with Crippen molar-refractivity contribution in [3.05, 3.63) is 71.6 Å². The number of para-hydroxylation sites is 1. The Morgan fingerprint density at radius 1 is 1.14 bits per heavy atom. The SMILES string of the molecule is CCc1ccccc1NC(=O)CSc1nnc([C@@H](N)Cc2ccccc2)o1.[Cl-]. The molecule has 3 aromatic rings. The smallest absolute Gasteiger partial charge is 0.277 e. The first-order valence-electron chi connectivity index (χ1n) is 8.79. The quantitative estimate of drug-likeness (QED) is 0.521. The van der Waals surface area contributed by atoms with Crippen LogP contribution in [0.5, 0.6) is 0 Å². The summed E-state index contributed by atoms with van der Waals surface area (Å²) in [5.74, 6) is 0.445. The van der Waals surface area contributed by atoms with Crippen LogP contribution in [0.25, 0.3) is 0 Å². The van der Waals surface area contributed by atoms with Crippen molar-refractivity contribution in [2.45, 2.75) is 31.0 Å². The Balaban J connectivity index is 0.00000280. The molecule has 1 heterocycles. The number of carbonyl (C=O) groups is 1. The summed E-state index contributed by atoms with van der Waals surface area (Å²) in [5.41, 5.74) is 9.18. The zero-order valence-corrected chi connectivity index (χ0v) is 17.0. The Morgan fingerprint density at radius 2 is 1.86 bits per heavy atom. The summed E-state index contributed by atoms with van der Waals surface area (Å²) >= 11 is 1.20. The van der Waals surface area contributed by atoms with E-state index in [0.29, 0.717) is 17.5 Å². The number of nitrogens with one attached hydrogen (secondary N) is 1. The van der Waals surface area contributed by atoms with Gasteiger partial charge in [-0.05, 0) is 30.0 Å². The second-order valence-corrected chi connectivity index (χ2v) is 6.98. The highest BCUT2D eigenvalue weighted by molar-refractivity contribution is 7.99. The molecule has 0 saturated heterocycles. The minimum absolute atomic E-state index is 0. The molecule has 6 nitrogen and oxygen atoms in total. The normalized spacial score (nSPS) is 11.5. The molecule has 0 bridgehead atoms. The van der Waals surface area contributed by atoms with E-state index in [4.69, 9.17) is 10.2 Å². The van der Waals surface area contributed by atoms with E-state index in [1.54, 1.807) is 0 Å². The van der Waals surface area contributed by atoms with Gasteiger partial charge in [0.2, 0.25) is 11.8 Å². The number of thioether (sulfide) groups is 1. The van der Waals surface area contributed by atoms with Crippen molar-refractivity contribution in [3.8, 4) is 0 Å². The molecule has 148 valence electrons. The van der Waals surface area contributed by atoms with Gasteiger partial charge in [-0.1, -0.05) is 67.2 Å². The van der Waals surface area contributed by atoms with Gasteiger partial charge in [-0.15, -0.1) is 10.2 Å². The first-order chi connectivity index (χ1) is 13.2. The van der Waals surface area contributed by atoms with Gasteiger partial charge in [0.15, 0.2) is 0 Å². The Kier molecular flexibility index (Phi) is 8.50. The van der Waals surface area contributed by atoms with E-state index in [-0.39, 0.29) is 30.1 Å². The predicted octanol–water partition coefficient (Wildman–Crippen LogP) is 0.609. The number of aromatic nitrogens is 2. The van der Waals surface area contributed by atoms with Gasteiger partial charge in [0.25, 0.3) is 5.22 Å². The Bertz CT molecular complexity index is 889. The van der Waals surface area contributed by atoms with Gasteiger partial charge in [0, 0.05) is 5.69 Å². The lowest BCUT2D eigenvalue weighted by atomic mass is 10.1. The van der Waals surface area contributed by atoms with E-state index in [0.717, 1.165) is 23.2 Å². The molecule has 0 unspecified atom stereocenters. The van der Waals surface area contributed by atoms with Crippen LogP contribution in [0.4, 0.5) is 5.69 Å². The molecule has 1 aromatic heterocycles. The fourth-order valence-electron chi connectivity index (χ4n) is 2.65. The van der Waals surface area contributed by atoms with Crippen LogP contribution in [0.15, 0.2) is 64.2 Å². The largest absolute Gasteiger partial charge is 1.00 e. The lowest BCUT2D eigenvalue weighted by molar-refractivity contribution is -0.113. The second-order valence-electron chi connectivity index (χ2n) is 6.05. The van der Waals surface area contributed by atoms with Gasteiger partial charge in [-0.3, -0.25) is 4.79 Å². The number of aryl methyl sites for hydroxylation is 1. The van der Waals surface area contributed by atoms with Crippen LogP contribution in [-0.4, -0.2) is 21.9 Å². The molecule has 3 rings (SSSR count). The lowest BCUT2D eigenvalue weighted by Crippen LogP contribution is -3.00. The third-order valence-corrected chi connectivity index (χ3v) is 4.86. The first kappa shape index (κ1) is 21.9. The maximum atomic E-state index is 12.2. The fraction of sp³-hybridized carbons (Fsp3) is 0.250. The monoisotopic (exact) mass is 417 g/mol. The molecule has 8 heteroatoms. The standard InChI is InChI=1S/C20H22N4O2S.ClH/c1-2-15-10-6-7-11-17(15)22-18(25)13-27-20-24-23-19(26-20)16(21)12-14-8-4-3-5-9-14;/h3-11,16H,2,12-13,21H2,1H3,(H,22,25);1H/p-1/t16-;/m0./s1. The number of carbonyl (C=O) groups excluding carboxylic acids is 1. The topological polar surface area (TPSA) is 94.0 Å². The highest BCUT2D eigenvalue weighted by atomic mass is 35.5. The third kappa shape index (κ3) is 6.09.